The molecule has 0 bridgehead atoms. The number of amides is 1. The molecule has 0 aromatic heterocycles. The van der Waals surface area contributed by atoms with E-state index in [1.807, 2.05) is 13.0 Å². The summed E-state index contributed by atoms with van der Waals surface area (Å²) in [6.45, 7) is 1.81. The van der Waals surface area contributed by atoms with Gasteiger partial charge in [0, 0.05) is 5.02 Å². The van der Waals surface area contributed by atoms with Crippen LogP contribution < -0.4 is 14.4 Å². The van der Waals surface area contributed by atoms with Crippen molar-refractivity contribution >= 4 is 33.2 Å². The number of carbonyl (C=O) groups is 1. The molecule has 8 heteroatoms. The number of rotatable bonds is 4. The molecule has 154 valence electrons. The first kappa shape index (κ1) is 20.0. The van der Waals surface area contributed by atoms with Gasteiger partial charge in [0.15, 0.2) is 6.10 Å². The summed E-state index contributed by atoms with van der Waals surface area (Å²) in [5.74, 6) is -0.0383. The van der Waals surface area contributed by atoms with Crippen LogP contribution in [0.25, 0.3) is 0 Å². The second kappa shape index (κ2) is 7.54. The molecule has 0 unspecified atom stereocenters. The molecule has 6 nitrogen and oxygen atoms in total. The van der Waals surface area contributed by atoms with Crippen LogP contribution in [0.15, 0.2) is 36.4 Å². The molecule has 4 rings (SSSR count). The summed E-state index contributed by atoms with van der Waals surface area (Å²) in [6.07, 6.45) is 3.50. The zero-order valence-corrected chi connectivity index (χ0v) is 17.9. The third-order valence-corrected chi connectivity index (χ3v) is 6.85. The Morgan fingerprint density at radius 1 is 1.21 bits per heavy atom. The van der Waals surface area contributed by atoms with Crippen LogP contribution in [-0.2, 0) is 27.7 Å². The average Bonchev–Trinajstić information content (AvgIpc) is 3.14. The fraction of sp³-hybridized carbons (Fsp3) is 0.381. The van der Waals surface area contributed by atoms with E-state index in [0.717, 1.165) is 24.7 Å². The van der Waals surface area contributed by atoms with Gasteiger partial charge in [0.25, 0.3) is 5.91 Å². The number of nitrogens with zero attached hydrogens (tertiary/aromatic N) is 1. The van der Waals surface area contributed by atoms with Gasteiger partial charge in [-0.3, -0.25) is 9.10 Å². The predicted molar refractivity (Wildman–Crippen MR) is 113 cm³/mol. The molecule has 0 fully saturated rings. The Balaban J connectivity index is 1.53. The van der Waals surface area contributed by atoms with Crippen LogP contribution in [0.1, 0.15) is 36.1 Å². The Labute approximate surface area is 175 Å². The van der Waals surface area contributed by atoms with Gasteiger partial charge in [0.05, 0.1) is 24.5 Å². The van der Waals surface area contributed by atoms with Gasteiger partial charge in [-0.25, -0.2) is 8.42 Å². The summed E-state index contributed by atoms with van der Waals surface area (Å²) in [5, 5.41) is 3.36. The number of sulfonamides is 1. The lowest BCUT2D eigenvalue weighted by molar-refractivity contribution is -0.128. The minimum Gasteiger partial charge on any atom is -0.476 e. The van der Waals surface area contributed by atoms with Gasteiger partial charge in [-0.05, 0) is 61.1 Å². The SMILES string of the molecule is C[C@@H](NC(=O)[C@@H]1CN(S(C)(=O)=O)c2cc(Cl)ccc2O1)c1ccc2c(c1)CCC2. The third-order valence-electron chi connectivity index (χ3n) is 5.46. The highest BCUT2D eigenvalue weighted by molar-refractivity contribution is 7.92. The number of ether oxygens (including phenoxy) is 1. The standard InChI is InChI=1S/C21H23ClN2O4S/c1-13(15-7-6-14-4-3-5-16(14)10-15)23-21(25)20-12-24(29(2,26)27)18-11-17(22)8-9-19(18)28-20/h6-11,13,20H,3-5,12H2,1-2H3,(H,23,25)/t13-,20+/m1/s1. The third kappa shape index (κ3) is 4.07. The van der Waals surface area contributed by atoms with Gasteiger partial charge in [-0.15, -0.1) is 0 Å². The fourth-order valence-corrected chi connectivity index (χ4v) is 5.00. The van der Waals surface area contributed by atoms with Crippen LogP contribution in [-0.4, -0.2) is 33.2 Å². The topological polar surface area (TPSA) is 75.7 Å². The van der Waals surface area contributed by atoms with Crippen molar-refractivity contribution in [3.63, 3.8) is 0 Å². The van der Waals surface area contributed by atoms with E-state index < -0.39 is 16.1 Å². The van der Waals surface area contributed by atoms with Crippen molar-refractivity contribution in [2.24, 2.45) is 0 Å². The number of nitrogens with one attached hydrogen (secondary N) is 1. The van der Waals surface area contributed by atoms with E-state index in [1.54, 1.807) is 12.1 Å². The number of carbonyl (C=O) groups excluding carboxylic acids is 1. The van der Waals surface area contributed by atoms with Gasteiger partial charge in [-0.2, -0.15) is 0 Å². The predicted octanol–water partition coefficient (Wildman–Crippen LogP) is 3.23. The van der Waals surface area contributed by atoms with Crippen molar-refractivity contribution < 1.29 is 17.9 Å². The smallest absolute Gasteiger partial charge is 0.263 e. The Morgan fingerprint density at radius 3 is 2.72 bits per heavy atom. The van der Waals surface area contributed by atoms with E-state index in [9.17, 15) is 13.2 Å². The first-order valence-electron chi connectivity index (χ1n) is 9.58. The number of benzene rings is 2. The number of aryl methyl sites for hydroxylation is 2. The van der Waals surface area contributed by atoms with E-state index in [1.165, 1.54) is 27.9 Å². The first-order valence-corrected chi connectivity index (χ1v) is 11.8. The van der Waals surface area contributed by atoms with Gasteiger partial charge in [0.2, 0.25) is 10.0 Å². The maximum atomic E-state index is 12.9. The molecule has 0 radical (unpaired) electrons. The molecule has 2 aromatic rings. The summed E-state index contributed by atoms with van der Waals surface area (Å²) in [6, 6.07) is 10.8. The fourth-order valence-electron chi connectivity index (χ4n) is 3.93. The van der Waals surface area contributed by atoms with Crippen molar-refractivity contribution in [3.05, 3.63) is 58.1 Å². The average molecular weight is 435 g/mol. The zero-order chi connectivity index (χ0) is 20.8. The molecular weight excluding hydrogens is 412 g/mol. The Morgan fingerprint density at radius 2 is 1.97 bits per heavy atom. The summed E-state index contributed by atoms with van der Waals surface area (Å²) in [5.41, 5.74) is 4.09. The highest BCUT2D eigenvalue weighted by Gasteiger charge is 2.35. The highest BCUT2D eigenvalue weighted by Crippen LogP contribution is 2.37. The number of fused-ring (bicyclic) bond motifs is 2. The maximum Gasteiger partial charge on any atom is 0.263 e. The normalized spacial score (nSPS) is 19.1. The van der Waals surface area contributed by atoms with E-state index in [2.05, 4.69) is 17.4 Å². The molecule has 2 atom stereocenters. The van der Waals surface area contributed by atoms with Crippen LogP contribution in [0.5, 0.6) is 5.75 Å². The van der Waals surface area contributed by atoms with Crippen LogP contribution in [0.3, 0.4) is 0 Å². The van der Waals surface area contributed by atoms with E-state index in [4.69, 9.17) is 16.3 Å². The lowest BCUT2D eigenvalue weighted by Gasteiger charge is -2.34. The Bertz CT molecular complexity index is 1070. The van der Waals surface area contributed by atoms with Gasteiger partial charge in [0.1, 0.15) is 5.75 Å². The maximum absolute atomic E-state index is 12.9. The van der Waals surface area contributed by atoms with E-state index >= 15 is 0 Å². The monoisotopic (exact) mass is 434 g/mol. The largest absolute Gasteiger partial charge is 0.476 e. The zero-order valence-electron chi connectivity index (χ0n) is 16.3. The Kier molecular flexibility index (Phi) is 5.21. The molecule has 1 N–H and O–H groups in total. The summed E-state index contributed by atoms with van der Waals surface area (Å²) in [4.78, 5) is 12.9. The molecule has 29 heavy (non-hydrogen) atoms. The van der Waals surface area contributed by atoms with Crippen LogP contribution in [0, 0.1) is 0 Å². The van der Waals surface area contributed by atoms with Crippen molar-refractivity contribution in [1.29, 1.82) is 0 Å². The van der Waals surface area contributed by atoms with Crippen LogP contribution in [0.2, 0.25) is 5.02 Å². The van der Waals surface area contributed by atoms with Gasteiger partial charge in [-0.1, -0.05) is 29.8 Å². The van der Waals surface area contributed by atoms with E-state index in [-0.39, 0.29) is 18.5 Å². The summed E-state index contributed by atoms with van der Waals surface area (Å²) in [7, 11) is -3.60. The second-order valence-corrected chi connectivity index (χ2v) is 9.97. The molecule has 0 spiro atoms. The highest BCUT2D eigenvalue weighted by atomic mass is 35.5. The number of halogens is 1. The minimum absolute atomic E-state index is 0.102. The van der Waals surface area contributed by atoms with E-state index in [0.29, 0.717) is 16.5 Å². The molecule has 1 aliphatic carbocycles. The quantitative estimate of drug-likeness (QED) is 0.801. The molecule has 1 heterocycles. The van der Waals surface area contributed by atoms with Crippen molar-refractivity contribution in [1.82, 2.24) is 5.32 Å². The molecule has 2 aliphatic rings. The van der Waals surface area contributed by atoms with Crippen molar-refractivity contribution in [2.45, 2.75) is 38.3 Å². The molecule has 2 aromatic carbocycles. The van der Waals surface area contributed by atoms with Crippen molar-refractivity contribution in [3.8, 4) is 5.75 Å². The number of hydrogen-bond donors (Lipinski definition) is 1. The molecule has 1 aliphatic heterocycles. The van der Waals surface area contributed by atoms with Gasteiger partial charge < -0.3 is 10.1 Å². The number of hydrogen-bond acceptors (Lipinski definition) is 4. The van der Waals surface area contributed by atoms with Gasteiger partial charge >= 0.3 is 0 Å². The Hall–Kier alpha value is -2.25. The summed E-state index contributed by atoms with van der Waals surface area (Å²) >= 11 is 6.01. The second-order valence-electron chi connectivity index (χ2n) is 7.62. The lowest BCUT2D eigenvalue weighted by atomic mass is 10.0. The lowest BCUT2D eigenvalue weighted by Crippen LogP contribution is -2.50. The summed E-state index contributed by atoms with van der Waals surface area (Å²) < 4.78 is 31.5. The molecule has 0 saturated heterocycles. The first-order chi connectivity index (χ1) is 13.7. The molecular formula is C21H23ClN2O4S. The van der Waals surface area contributed by atoms with Crippen LogP contribution in [0.4, 0.5) is 5.69 Å². The molecule has 0 saturated carbocycles. The van der Waals surface area contributed by atoms with Crippen molar-refractivity contribution in [2.75, 3.05) is 17.1 Å². The minimum atomic E-state index is -3.60. The molecule has 1 amide bonds. The van der Waals surface area contributed by atoms with Crippen LogP contribution >= 0.6 is 11.6 Å². The number of anilines is 1.